The second kappa shape index (κ2) is 8.28. The van der Waals surface area contributed by atoms with Gasteiger partial charge >= 0.3 is 0 Å². The van der Waals surface area contributed by atoms with Crippen molar-refractivity contribution in [3.8, 4) is 6.07 Å². The molecular formula is C20H22N2O2. The van der Waals surface area contributed by atoms with E-state index in [1.165, 1.54) is 0 Å². The van der Waals surface area contributed by atoms with Gasteiger partial charge in [-0.15, -0.1) is 0 Å². The first-order valence-electron chi connectivity index (χ1n) is 8.00. The third-order valence-electron chi connectivity index (χ3n) is 4.10. The van der Waals surface area contributed by atoms with Crippen LogP contribution in [-0.4, -0.2) is 17.6 Å². The van der Waals surface area contributed by atoms with Crippen LogP contribution in [0.4, 0.5) is 5.69 Å². The number of carbonyl (C=O) groups is 1. The first-order valence-corrected chi connectivity index (χ1v) is 8.00. The molecular weight excluding hydrogens is 300 g/mol. The van der Waals surface area contributed by atoms with Crippen molar-refractivity contribution in [2.75, 3.05) is 11.4 Å². The highest BCUT2D eigenvalue weighted by Gasteiger charge is 2.20. The molecule has 1 atom stereocenters. The van der Waals surface area contributed by atoms with Crippen LogP contribution in [-0.2, 0) is 4.79 Å². The monoisotopic (exact) mass is 322 g/mol. The van der Waals surface area contributed by atoms with E-state index in [2.05, 4.69) is 6.07 Å². The highest BCUT2D eigenvalue weighted by atomic mass is 16.3. The zero-order chi connectivity index (χ0) is 17.5. The third-order valence-corrected chi connectivity index (χ3v) is 4.10. The molecule has 124 valence electrons. The minimum Gasteiger partial charge on any atom is -0.388 e. The highest BCUT2D eigenvalue weighted by molar-refractivity contribution is 5.93. The van der Waals surface area contributed by atoms with Crippen LogP contribution >= 0.6 is 0 Å². The lowest BCUT2D eigenvalue weighted by Gasteiger charge is -2.24. The van der Waals surface area contributed by atoms with Crippen LogP contribution in [0.2, 0.25) is 0 Å². The van der Waals surface area contributed by atoms with E-state index in [-0.39, 0.29) is 18.7 Å². The van der Waals surface area contributed by atoms with Gasteiger partial charge in [-0.25, -0.2) is 0 Å². The summed E-state index contributed by atoms with van der Waals surface area (Å²) in [6.45, 7) is 4.32. The molecule has 24 heavy (non-hydrogen) atoms. The smallest absolute Gasteiger partial charge is 0.229 e. The average Bonchev–Trinajstić information content (AvgIpc) is 2.59. The number of aliphatic hydroxyl groups excluding tert-OH is 1. The number of nitrogens with zero attached hydrogens (tertiary/aromatic N) is 2. The van der Waals surface area contributed by atoms with Crippen molar-refractivity contribution in [2.45, 2.75) is 32.8 Å². The molecule has 0 heterocycles. The molecule has 0 bridgehead atoms. The maximum absolute atomic E-state index is 12.7. The Morgan fingerprint density at radius 3 is 2.50 bits per heavy atom. The number of rotatable bonds is 6. The van der Waals surface area contributed by atoms with Crippen LogP contribution in [0.25, 0.3) is 0 Å². The predicted molar refractivity (Wildman–Crippen MR) is 94.5 cm³/mol. The summed E-state index contributed by atoms with van der Waals surface area (Å²) in [5, 5.41) is 19.2. The molecule has 4 heteroatoms. The van der Waals surface area contributed by atoms with Crippen molar-refractivity contribution < 1.29 is 9.90 Å². The number of anilines is 1. The summed E-state index contributed by atoms with van der Waals surface area (Å²) in [6.07, 6.45) is -0.613. The Balaban J connectivity index is 2.19. The molecule has 0 saturated heterocycles. The number of carbonyl (C=O) groups excluding carboxylic acids is 1. The molecule has 1 unspecified atom stereocenters. The predicted octanol–water partition coefficient (Wildman–Crippen LogP) is 3.67. The Labute approximate surface area is 143 Å². The topological polar surface area (TPSA) is 64.3 Å². The Hall–Kier alpha value is -2.64. The van der Waals surface area contributed by atoms with Crippen LogP contribution in [0.3, 0.4) is 0 Å². The minimum atomic E-state index is -0.852. The zero-order valence-corrected chi connectivity index (χ0v) is 14.1. The minimum absolute atomic E-state index is 0.0115. The summed E-state index contributed by atoms with van der Waals surface area (Å²) in [5.74, 6) is -0.190. The molecule has 2 aromatic carbocycles. The summed E-state index contributed by atoms with van der Waals surface area (Å²) >= 11 is 0. The SMILES string of the molecule is Cc1ccc(N(CCC#N)C(=O)CC(O)c2ccccc2)cc1C. The van der Waals surface area contributed by atoms with Gasteiger partial charge in [-0.1, -0.05) is 36.4 Å². The molecule has 1 N–H and O–H groups in total. The quantitative estimate of drug-likeness (QED) is 0.882. The van der Waals surface area contributed by atoms with Gasteiger partial charge in [0, 0.05) is 12.2 Å². The van der Waals surface area contributed by atoms with Crippen molar-refractivity contribution >= 4 is 11.6 Å². The molecule has 0 radical (unpaired) electrons. The molecule has 0 aliphatic heterocycles. The van der Waals surface area contributed by atoms with Gasteiger partial charge in [0.2, 0.25) is 5.91 Å². The van der Waals surface area contributed by atoms with Crippen LogP contribution in [0.15, 0.2) is 48.5 Å². The van der Waals surface area contributed by atoms with Gasteiger partial charge < -0.3 is 10.0 Å². The van der Waals surface area contributed by atoms with E-state index in [0.717, 1.165) is 16.8 Å². The van der Waals surface area contributed by atoms with Gasteiger partial charge in [0.1, 0.15) is 0 Å². The Morgan fingerprint density at radius 2 is 1.88 bits per heavy atom. The number of amides is 1. The first-order chi connectivity index (χ1) is 11.5. The molecule has 0 aliphatic rings. The maximum atomic E-state index is 12.7. The number of hydrogen-bond donors (Lipinski definition) is 1. The molecule has 2 aromatic rings. The van der Waals surface area contributed by atoms with E-state index in [4.69, 9.17) is 5.26 Å². The first kappa shape index (κ1) is 17.7. The lowest BCUT2D eigenvalue weighted by molar-refractivity contribution is -0.120. The van der Waals surface area contributed by atoms with Crippen molar-refractivity contribution in [2.24, 2.45) is 0 Å². The second-order valence-electron chi connectivity index (χ2n) is 5.85. The van der Waals surface area contributed by atoms with E-state index < -0.39 is 6.10 Å². The van der Waals surface area contributed by atoms with Crippen LogP contribution < -0.4 is 4.90 Å². The molecule has 2 rings (SSSR count). The van der Waals surface area contributed by atoms with Gasteiger partial charge in [-0.05, 0) is 42.7 Å². The number of benzene rings is 2. The Kier molecular flexibility index (Phi) is 6.11. The van der Waals surface area contributed by atoms with Gasteiger partial charge in [0.05, 0.1) is 25.0 Å². The van der Waals surface area contributed by atoms with E-state index in [1.807, 2.05) is 50.2 Å². The van der Waals surface area contributed by atoms with Crippen molar-refractivity contribution in [3.63, 3.8) is 0 Å². The van der Waals surface area contributed by atoms with E-state index in [9.17, 15) is 9.90 Å². The number of aliphatic hydroxyl groups is 1. The van der Waals surface area contributed by atoms with Gasteiger partial charge in [0.15, 0.2) is 0 Å². The second-order valence-corrected chi connectivity index (χ2v) is 5.85. The summed E-state index contributed by atoms with van der Waals surface area (Å²) in [7, 11) is 0. The fraction of sp³-hybridized carbons (Fsp3) is 0.300. The van der Waals surface area contributed by atoms with E-state index >= 15 is 0 Å². The van der Waals surface area contributed by atoms with Crippen molar-refractivity contribution in [1.29, 1.82) is 5.26 Å². The largest absolute Gasteiger partial charge is 0.388 e. The number of nitriles is 1. The standard InChI is InChI=1S/C20H22N2O2/c1-15-9-10-18(13-16(15)2)22(12-6-11-21)20(24)14-19(23)17-7-4-3-5-8-17/h3-5,7-10,13,19,23H,6,12,14H2,1-2H3. The van der Waals surface area contributed by atoms with E-state index in [1.54, 1.807) is 17.0 Å². The number of aryl methyl sites for hydroxylation is 2. The third kappa shape index (κ3) is 4.43. The lowest BCUT2D eigenvalue weighted by Crippen LogP contribution is -2.33. The Bertz CT molecular complexity index is 735. The molecule has 0 aromatic heterocycles. The molecule has 1 amide bonds. The zero-order valence-electron chi connectivity index (χ0n) is 14.1. The fourth-order valence-electron chi connectivity index (χ4n) is 2.52. The van der Waals surface area contributed by atoms with Crippen LogP contribution in [0.1, 0.15) is 35.6 Å². The summed E-state index contributed by atoms with van der Waals surface area (Å²) in [5.41, 5.74) is 3.71. The normalized spacial score (nSPS) is 11.6. The lowest BCUT2D eigenvalue weighted by atomic mass is 10.0. The van der Waals surface area contributed by atoms with Gasteiger partial charge in [-0.3, -0.25) is 4.79 Å². The molecule has 0 aliphatic carbocycles. The summed E-state index contributed by atoms with van der Waals surface area (Å²) in [6, 6.07) is 17.0. The fourth-order valence-corrected chi connectivity index (χ4v) is 2.52. The van der Waals surface area contributed by atoms with Crippen LogP contribution in [0.5, 0.6) is 0 Å². The van der Waals surface area contributed by atoms with Gasteiger partial charge in [0.25, 0.3) is 0 Å². The van der Waals surface area contributed by atoms with Crippen LogP contribution in [0, 0.1) is 25.2 Å². The van der Waals surface area contributed by atoms with E-state index in [0.29, 0.717) is 12.1 Å². The molecule has 4 nitrogen and oxygen atoms in total. The number of hydrogen-bond acceptors (Lipinski definition) is 3. The van der Waals surface area contributed by atoms with Crippen molar-refractivity contribution in [3.05, 3.63) is 65.2 Å². The summed E-state index contributed by atoms with van der Waals surface area (Å²) < 4.78 is 0. The molecule has 0 fully saturated rings. The average molecular weight is 322 g/mol. The maximum Gasteiger partial charge on any atom is 0.229 e. The summed E-state index contributed by atoms with van der Waals surface area (Å²) in [4.78, 5) is 14.3. The molecule has 0 saturated carbocycles. The molecule has 0 spiro atoms. The van der Waals surface area contributed by atoms with Gasteiger partial charge in [-0.2, -0.15) is 5.26 Å². The van der Waals surface area contributed by atoms with Crippen molar-refractivity contribution in [1.82, 2.24) is 0 Å². The Morgan fingerprint density at radius 1 is 1.17 bits per heavy atom. The highest BCUT2D eigenvalue weighted by Crippen LogP contribution is 2.23.